The Kier molecular flexibility index (Phi) is 3.49. The third-order valence-electron chi connectivity index (χ3n) is 3.86. The number of aromatic hydroxyl groups is 1. The normalized spacial score (nSPS) is 26.3. The van der Waals surface area contributed by atoms with Crippen LogP contribution in [0.3, 0.4) is 0 Å². The number of phenolic OH excluding ortho intramolecular Hbond substituents is 1. The van der Waals surface area contributed by atoms with E-state index in [1.54, 1.807) is 6.07 Å². The van der Waals surface area contributed by atoms with Gasteiger partial charge in [0.2, 0.25) is 0 Å². The number of hydrogen-bond acceptors (Lipinski definition) is 2. The SMILES string of the molecule is CCC1(c2cccc(O)c2)CCCCNC1. The second-order valence-corrected chi connectivity index (χ2v) is 4.82. The van der Waals surface area contributed by atoms with Crippen molar-refractivity contribution in [3.63, 3.8) is 0 Å². The molecule has 0 radical (unpaired) electrons. The van der Waals surface area contributed by atoms with Gasteiger partial charge in [0.25, 0.3) is 0 Å². The molecule has 0 bridgehead atoms. The molecule has 0 saturated carbocycles. The van der Waals surface area contributed by atoms with Crippen LogP contribution in [0.15, 0.2) is 24.3 Å². The second-order valence-electron chi connectivity index (χ2n) is 4.82. The molecule has 1 saturated heterocycles. The lowest BCUT2D eigenvalue weighted by molar-refractivity contribution is 0.374. The molecule has 0 amide bonds. The van der Waals surface area contributed by atoms with Gasteiger partial charge in [-0.1, -0.05) is 25.5 Å². The highest BCUT2D eigenvalue weighted by molar-refractivity contribution is 5.33. The Morgan fingerprint density at radius 1 is 1.38 bits per heavy atom. The Hall–Kier alpha value is -1.02. The third-order valence-corrected chi connectivity index (χ3v) is 3.86. The Morgan fingerprint density at radius 2 is 2.25 bits per heavy atom. The predicted molar refractivity (Wildman–Crippen MR) is 66.8 cm³/mol. The third kappa shape index (κ3) is 2.22. The van der Waals surface area contributed by atoms with Crippen LogP contribution in [0.4, 0.5) is 0 Å². The lowest BCUT2D eigenvalue weighted by Gasteiger charge is -2.32. The average molecular weight is 219 g/mol. The Balaban J connectivity index is 2.31. The number of benzene rings is 1. The van der Waals surface area contributed by atoms with Crippen LogP contribution in [0.1, 0.15) is 38.2 Å². The minimum atomic E-state index is 0.218. The molecular formula is C14H21NO. The maximum absolute atomic E-state index is 9.60. The van der Waals surface area contributed by atoms with Crippen molar-refractivity contribution in [2.75, 3.05) is 13.1 Å². The number of nitrogens with one attached hydrogen (secondary N) is 1. The lowest BCUT2D eigenvalue weighted by atomic mass is 9.74. The van der Waals surface area contributed by atoms with Gasteiger partial charge in [0.05, 0.1) is 0 Å². The molecule has 2 rings (SSSR count). The van der Waals surface area contributed by atoms with E-state index in [4.69, 9.17) is 0 Å². The molecule has 2 heteroatoms. The number of rotatable bonds is 2. The summed E-state index contributed by atoms with van der Waals surface area (Å²) in [5, 5.41) is 13.1. The highest BCUT2D eigenvalue weighted by atomic mass is 16.3. The largest absolute Gasteiger partial charge is 0.508 e. The van der Waals surface area contributed by atoms with Gasteiger partial charge in [-0.25, -0.2) is 0 Å². The molecule has 0 aromatic heterocycles. The average Bonchev–Trinajstić information content (AvgIpc) is 2.55. The highest BCUT2D eigenvalue weighted by Gasteiger charge is 2.31. The van der Waals surface area contributed by atoms with Gasteiger partial charge in [-0.15, -0.1) is 0 Å². The van der Waals surface area contributed by atoms with Crippen molar-refractivity contribution in [3.8, 4) is 5.75 Å². The van der Waals surface area contributed by atoms with Crippen LogP contribution < -0.4 is 5.32 Å². The topological polar surface area (TPSA) is 32.3 Å². The minimum Gasteiger partial charge on any atom is -0.508 e. The first-order valence-electron chi connectivity index (χ1n) is 6.27. The highest BCUT2D eigenvalue weighted by Crippen LogP contribution is 2.35. The molecule has 1 atom stereocenters. The zero-order chi connectivity index (χ0) is 11.4. The van der Waals surface area contributed by atoms with E-state index in [9.17, 15) is 5.11 Å². The summed E-state index contributed by atoms with van der Waals surface area (Å²) in [6.45, 7) is 4.41. The molecule has 88 valence electrons. The van der Waals surface area contributed by atoms with Gasteiger partial charge in [-0.2, -0.15) is 0 Å². The summed E-state index contributed by atoms with van der Waals surface area (Å²) in [5.41, 5.74) is 1.50. The van der Waals surface area contributed by atoms with Gasteiger partial charge in [0, 0.05) is 12.0 Å². The summed E-state index contributed by atoms with van der Waals surface area (Å²) in [7, 11) is 0. The van der Waals surface area contributed by atoms with E-state index in [1.165, 1.54) is 24.8 Å². The monoisotopic (exact) mass is 219 g/mol. The molecule has 1 unspecified atom stereocenters. The van der Waals surface area contributed by atoms with E-state index in [0.29, 0.717) is 5.75 Å². The number of phenols is 1. The molecule has 1 aliphatic rings. The fourth-order valence-corrected chi connectivity index (χ4v) is 2.72. The van der Waals surface area contributed by atoms with Gasteiger partial charge in [0.15, 0.2) is 0 Å². The summed E-state index contributed by atoms with van der Waals surface area (Å²) < 4.78 is 0. The van der Waals surface area contributed by atoms with E-state index in [0.717, 1.165) is 19.5 Å². The quantitative estimate of drug-likeness (QED) is 0.801. The summed E-state index contributed by atoms with van der Waals surface area (Å²) >= 11 is 0. The first-order valence-corrected chi connectivity index (χ1v) is 6.27. The van der Waals surface area contributed by atoms with Gasteiger partial charge < -0.3 is 10.4 Å². The summed E-state index contributed by atoms with van der Waals surface area (Å²) in [6, 6.07) is 7.77. The fraction of sp³-hybridized carbons (Fsp3) is 0.571. The molecule has 0 spiro atoms. The smallest absolute Gasteiger partial charge is 0.115 e. The van der Waals surface area contributed by atoms with Crippen LogP contribution in [0.2, 0.25) is 0 Å². The maximum Gasteiger partial charge on any atom is 0.115 e. The summed E-state index contributed by atoms with van der Waals surface area (Å²) in [6.07, 6.45) is 4.89. The first-order chi connectivity index (χ1) is 7.77. The van der Waals surface area contributed by atoms with Crippen molar-refractivity contribution in [2.45, 2.75) is 38.0 Å². The first kappa shape index (κ1) is 11.5. The van der Waals surface area contributed by atoms with E-state index in [-0.39, 0.29) is 5.41 Å². The zero-order valence-corrected chi connectivity index (χ0v) is 10.00. The Labute approximate surface area is 97.7 Å². The van der Waals surface area contributed by atoms with Crippen molar-refractivity contribution < 1.29 is 5.11 Å². The summed E-state index contributed by atoms with van der Waals surface area (Å²) in [5.74, 6) is 0.384. The minimum absolute atomic E-state index is 0.218. The lowest BCUT2D eigenvalue weighted by Crippen LogP contribution is -2.36. The molecule has 1 fully saturated rings. The second kappa shape index (κ2) is 4.88. The molecule has 2 nitrogen and oxygen atoms in total. The number of hydrogen-bond donors (Lipinski definition) is 2. The van der Waals surface area contributed by atoms with Gasteiger partial charge >= 0.3 is 0 Å². The van der Waals surface area contributed by atoms with Crippen LogP contribution in [0.25, 0.3) is 0 Å². The molecule has 1 aromatic carbocycles. The van der Waals surface area contributed by atoms with Crippen molar-refractivity contribution in [3.05, 3.63) is 29.8 Å². The van der Waals surface area contributed by atoms with Crippen LogP contribution >= 0.6 is 0 Å². The predicted octanol–water partition coefficient (Wildman–Crippen LogP) is 2.81. The van der Waals surface area contributed by atoms with Gasteiger partial charge in [0.1, 0.15) is 5.75 Å². The fourth-order valence-electron chi connectivity index (χ4n) is 2.72. The standard InChI is InChI=1S/C14H21NO/c1-2-14(8-3-4-9-15-11-14)12-6-5-7-13(16)10-12/h5-7,10,15-16H,2-4,8-9,11H2,1H3. The van der Waals surface area contributed by atoms with Crippen LogP contribution in [-0.2, 0) is 5.41 Å². The Morgan fingerprint density at radius 3 is 3.00 bits per heavy atom. The van der Waals surface area contributed by atoms with E-state index < -0.39 is 0 Å². The van der Waals surface area contributed by atoms with Crippen molar-refractivity contribution in [2.24, 2.45) is 0 Å². The molecule has 16 heavy (non-hydrogen) atoms. The van der Waals surface area contributed by atoms with Crippen molar-refractivity contribution >= 4 is 0 Å². The van der Waals surface area contributed by atoms with Crippen molar-refractivity contribution in [1.82, 2.24) is 5.32 Å². The van der Waals surface area contributed by atoms with Gasteiger partial charge in [-0.05, 0) is 43.5 Å². The molecule has 1 aromatic rings. The van der Waals surface area contributed by atoms with E-state index in [1.807, 2.05) is 12.1 Å². The molecular weight excluding hydrogens is 198 g/mol. The maximum atomic E-state index is 9.60. The van der Waals surface area contributed by atoms with Gasteiger partial charge in [-0.3, -0.25) is 0 Å². The zero-order valence-electron chi connectivity index (χ0n) is 10.00. The van der Waals surface area contributed by atoms with Crippen molar-refractivity contribution in [1.29, 1.82) is 0 Å². The molecule has 1 aliphatic heterocycles. The van der Waals surface area contributed by atoms with Crippen LogP contribution in [-0.4, -0.2) is 18.2 Å². The van der Waals surface area contributed by atoms with E-state index >= 15 is 0 Å². The van der Waals surface area contributed by atoms with Crippen LogP contribution in [0.5, 0.6) is 5.75 Å². The molecule has 2 N–H and O–H groups in total. The summed E-state index contributed by atoms with van der Waals surface area (Å²) in [4.78, 5) is 0. The van der Waals surface area contributed by atoms with E-state index in [2.05, 4.69) is 18.3 Å². The molecule has 1 heterocycles. The Bertz CT molecular complexity index is 340. The van der Waals surface area contributed by atoms with Crippen LogP contribution in [0, 0.1) is 0 Å². The molecule has 0 aliphatic carbocycles.